The van der Waals surface area contributed by atoms with Crippen LogP contribution in [0, 0.1) is 0 Å². The van der Waals surface area contributed by atoms with Crippen molar-refractivity contribution in [2.24, 2.45) is 0 Å². The maximum absolute atomic E-state index is 13.4. The first-order valence-corrected chi connectivity index (χ1v) is 13.9. The molecule has 0 aliphatic carbocycles. The third-order valence-corrected chi connectivity index (χ3v) is 8.12. The molecule has 7 nitrogen and oxygen atoms in total. The summed E-state index contributed by atoms with van der Waals surface area (Å²) < 4.78 is 42.4. The zero-order chi connectivity index (χ0) is 26.6. The number of benzene rings is 3. The van der Waals surface area contributed by atoms with Crippen molar-refractivity contribution in [1.29, 1.82) is 0 Å². The van der Waals surface area contributed by atoms with Gasteiger partial charge in [0.25, 0.3) is 5.91 Å². The van der Waals surface area contributed by atoms with Gasteiger partial charge >= 0.3 is 10.1 Å². The van der Waals surface area contributed by atoms with Gasteiger partial charge in [-0.15, -0.1) is 0 Å². The van der Waals surface area contributed by atoms with Crippen LogP contribution in [0.15, 0.2) is 65.6 Å². The lowest BCUT2D eigenvalue weighted by molar-refractivity contribution is 0.0507. The van der Waals surface area contributed by atoms with Crippen LogP contribution in [0.4, 0.5) is 0 Å². The predicted molar refractivity (Wildman–Crippen MR) is 142 cm³/mol. The Morgan fingerprint density at radius 2 is 1.78 bits per heavy atom. The number of ether oxygens (including phenoxy) is 2. The van der Waals surface area contributed by atoms with Gasteiger partial charge in [-0.2, -0.15) is 8.42 Å². The van der Waals surface area contributed by atoms with Crippen molar-refractivity contribution in [3.05, 3.63) is 86.9 Å². The van der Waals surface area contributed by atoms with Gasteiger partial charge in [-0.05, 0) is 60.9 Å². The van der Waals surface area contributed by atoms with Gasteiger partial charge in [0, 0.05) is 19.7 Å². The first-order valence-electron chi connectivity index (χ1n) is 11.4. The molecule has 1 heterocycles. The van der Waals surface area contributed by atoms with Gasteiger partial charge in [0.2, 0.25) is 0 Å². The Hall–Kier alpha value is -2.49. The van der Waals surface area contributed by atoms with E-state index in [4.69, 9.17) is 48.5 Å². The maximum Gasteiger partial charge on any atom is 0.339 e. The summed E-state index contributed by atoms with van der Waals surface area (Å²) in [5.41, 5.74) is 0.993. The Morgan fingerprint density at radius 3 is 2.46 bits per heavy atom. The van der Waals surface area contributed by atoms with Gasteiger partial charge in [-0.25, -0.2) is 0 Å². The molecule has 3 aromatic rings. The summed E-state index contributed by atoms with van der Waals surface area (Å²) in [6.07, 6.45) is 1.66. The van der Waals surface area contributed by atoms with Crippen molar-refractivity contribution >= 4 is 50.8 Å². The molecule has 196 valence electrons. The van der Waals surface area contributed by atoms with E-state index in [9.17, 15) is 13.2 Å². The van der Waals surface area contributed by atoms with E-state index in [-0.39, 0.29) is 45.0 Å². The van der Waals surface area contributed by atoms with Crippen molar-refractivity contribution in [3.8, 4) is 11.5 Å². The second kappa shape index (κ2) is 11.9. The van der Waals surface area contributed by atoms with Gasteiger partial charge in [-0.3, -0.25) is 4.79 Å². The highest BCUT2D eigenvalue weighted by atomic mass is 35.5. The molecule has 11 heteroatoms. The van der Waals surface area contributed by atoms with Crippen LogP contribution in [0.2, 0.25) is 15.1 Å². The lowest BCUT2D eigenvalue weighted by Gasteiger charge is -2.26. The van der Waals surface area contributed by atoms with Crippen molar-refractivity contribution in [2.75, 3.05) is 20.3 Å². The van der Waals surface area contributed by atoms with E-state index in [1.54, 1.807) is 41.3 Å². The molecule has 0 spiro atoms. The normalized spacial score (nSPS) is 15.4. The van der Waals surface area contributed by atoms with Gasteiger partial charge in [0.05, 0.1) is 33.8 Å². The Bertz CT molecular complexity index is 1390. The fourth-order valence-electron chi connectivity index (χ4n) is 3.96. The van der Waals surface area contributed by atoms with Crippen LogP contribution in [0.5, 0.6) is 11.5 Å². The number of carbonyl (C=O) groups is 1. The van der Waals surface area contributed by atoms with Crippen LogP contribution in [0.1, 0.15) is 28.8 Å². The molecule has 1 amide bonds. The molecule has 0 N–H and O–H groups in total. The molecule has 0 bridgehead atoms. The maximum atomic E-state index is 13.4. The highest BCUT2D eigenvalue weighted by Gasteiger charge is 2.26. The molecule has 0 unspecified atom stereocenters. The molecule has 1 atom stereocenters. The summed E-state index contributed by atoms with van der Waals surface area (Å²) in [6.45, 7) is 1.16. The molecule has 1 aliphatic rings. The SMILES string of the molecule is COc1ccc(CN(C[C@H]2CCCO2)C(=O)c2ccccc2Cl)cc1OS(=O)(=O)c1ccc(Cl)c(Cl)c1. The molecule has 0 saturated carbocycles. The van der Waals surface area contributed by atoms with Gasteiger partial charge < -0.3 is 18.6 Å². The Balaban J connectivity index is 1.63. The number of amides is 1. The van der Waals surface area contributed by atoms with Gasteiger partial charge in [-0.1, -0.05) is 53.0 Å². The first-order chi connectivity index (χ1) is 17.7. The van der Waals surface area contributed by atoms with E-state index in [1.165, 1.54) is 31.4 Å². The summed E-state index contributed by atoms with van der Waals surface area (Å²) in [5.74, 6) is -0.0911. The first kappa shape index (κ1) is 27.5. The van der Waals surface area contributed by atoms with Gasteiger partial charge in [0.1, 0.15) is 4.90 Å². The largest absolute Gasteiger partial charge is 0.493 e. The smallest absolute Gasteiger partial charge is 0.339 e. The zero-order valence-corrected chi connectivity index (χ0v) is 22.9. The summed E-state index contributed by atoms with van der Waals surface area (Å²) in [7, 11) is -2.85. The quantitative estimate of drug-likeness (QED) is 0.277. The predicted octanol–water partition coefficient (Wildman–Crippen LogP) is 6.24. The number of nitrogens with zero attached hydrogens (tertiary/aromatic N) is 1. The van der Waals surface area contributed by atoms with Crippen LogP contribution in [-0.2, 0) is 21.4 Å². The molecular formula is C26H24Cl3NO6S. The third-order valence-electron chi connectivity index (χ3n) is 5.82. The fourth-order valence-corrected chi connectivity index (χ4v) is 5.50. The van der Waals surface area contributed by atoms with E-state index < -0.39 is 10.1 Å². The number of hydrogen-bond donors (Lipinski definition) is 0. The summed E-state index contributed by atoms with van der Waals surface area (Å²) in [6, 6.07) is 15.5. The molecule has 4 rings (SSSR count). The molecule has 0 radical (unpaired) electrons. The lowest BCUT2D eigenvalue weighted by Crippen LogP contribution is -2.37. The van der Waals surface area contributed by atoms with Crippen LogP contribution in [-0.4, -0.2) is 45.6 Å². The zero-order valence-electron chi connectivity index (χ0n) is 19.8. The number of halogens is 3. The molecule has 37 heavy (non-hydrogen) atoms. The van der Waals surface area contributed by atoms with Crippen molar-refractivity contribution in [1.82, 2.24) is 4.90 Å². The minimum atomic E-state index is -4.26. The summed E-state index contributed by atoms with van der Waals surface area (Å²) in [4.78, 5) is 14.9. The number of methoxy groups -OCH3 is 1. The molecule has 1 aliphatic heterocycles. The van der Waals surface area contributed by atoms with Crippen LogP contribution in [0.3, 0.4) is 0 Å². The molecule has 1 saturated heterocycles. The molecular weight excluding hydrogens is 561 g/mol. The highest BCUT2D eigenvalue weighted by Crippen LogP contribution is 2.33. The topological polar surface area (TPSA) is 82.1 Å². The van der Waals surface area contributed by atoms with Crippen molar-refractivity contribution < 1.29 is 26.9 Å². The van der Waals surface area contributed by atoms with E-state index in [0.717, 1.165) is 12.8 Å². The van der Waals surface area contributed by atoms with E-state index in [1.807, 2.05) is 0 Å². The van der Waals surface area contributed by atoms with Crippen LogP contribution in [0.25, 0.3) is 0 Å². The van der Waals surface area contributed by atoms with E-state index in [0.29, 0.717) is 29.3 Å². The van der Waals surface area contributed by atoms with Crippen molar-refractivity contribution in [3.63, 3.8) is 0 Å². The average molecular weight is 585 g/mol. The Labute approximate surface area is 230 Å². The fraction of sp³-hybridized carbons (Fsp3) is 0.269. The van der Waals surface area contributed by atoms with Crippen LogP contribution < -0.4 is 8.92 Å². The number of hydrogen-bond acceptors (Lipinski definition) is 6. The monoisotopic (exact) mass is 583 g/mol. The summed E-state index contributed by atoms with van der Waals surface area (Å²) >= 11 is 18.2. The van der Waals surface area contributed by atoms with Crippen molar-refractivity contribution in [2.45, 2.75) is 30.4 Å². The highest BCUT2D eigenvalue weighted by molar-refractivity contribution is 7.87. The standard InChI is InChI=1S/C26H24Cl3NO6S/c1-34-24-11-8-17(13-25(24)36-37(32,33)19-9-10-22(28)23(29)14-19)15-30(16-18-5-4-12-35-18)26(31)20-6-2-3-7-21(20)27/h2-3,6-11,13-14,18H,4-5,12,15-16H2,1H3/t18-/m1/s1. The van der Waals surface area contributed by atoms with E-state index >= 15 is 0 Å². The van der Waals surface area contributed by atoms with E-state index in [2.05, 4.69) is 0 Å². The van der Waals surface area contributed by atoms with Crippen LogP contribution >= 0.6 is 34.8 Å². The molecule has 0 aromatic heterocycles. The average Bonchev–Trinajstić information content (AvgIpc) is 3.38. The number of rotatable bonds is 9. The van der Waals surface area contributed by atoms with Gasteiger partial charge in [0.15, 0.2) is 11.5 Å². The minimum absolute atomic E-state index is 0.0340. The Morgan fingerprint density at radius 1 is 1.00 bits per heavy atom. The minimum Gasteiger partial charge on any atom is -0.493 e. The molecule has 1 fully saturated rings. The number of carbonyl (C=O) groups excluding carboxylic acids is 1. The lowest BCUT2D eigenvalue weighted by atomic mass is 10.1. The Kier molecular flexibility index (Phi) is 8.87. The second-order valence-electron chi connectivity index (χ2n) is 8.40. The third kappa shape index (κ3) is 6.69. The second-order valence-corrected chi connectivity index (χ2v) is 11.2. The molecule has 3 aromatic carbocycles. The summed E-state index contributed by atoms with van der Waals surface area (Å²) in [5, 5.41) is 0.640.